The second-order valence-electron chi connectivity index (χ2n) is 6.97. The highest BCUT2D eigenvalue weighted by Gasteiger charge is 2.95. The summed E-state index contributed by atoms with van der Waals surface area (Å²) in [5, 5.41) is -0.654. The van der Waals surface area contributed by atoms with Crippen molar-refractivity contribution < 1.29 is 23.8 Å². The Morgan fingerprint density at radius 3 is 2.28 bits per heavy atom. The molecule has 6 atom stereocenters. The molecule has 0 aliphatic heterocycles. The second kappa shape index (κ2) is 6.18. The van der Waals surface area contributed by atoms with Crippen LogP contribution in [0.5, 0.6) is 0 Å². The van der Waals surface area contributed by atoms with Crippen molar-refractivity contribution in [1.29, 1.82) is 0 Å². The summed E-state index contributed by atoms with van der Waals surface area (Å²) in [4.78, 5) is 25.9. The SMILES string of the molecule is CCOCCOCCO[C@@]12C(=O)C(Cl)=C(Cl)C(=O)[C@@]13[C@@H]1[C@H](Cl)[C@H]2C[C@@H]13. The van der Waals surface area contributed by atoms with Gasteiger partial charge in [-0.2, -0.15) is 0 Å². The number of halogens is 3. The molecule has 4 fully saturated rings. The summed E-state index contributed by atoms with van der Waals surface area (Å²) in [5.74, 6) is -0.868. The number of Topliss-reactive ketones (excluding diaryl/α,β-unsaturated/α-hetero) is 2. The molecule has 0 unspecified atom stereocenters. The molecule has 0 N–H and O–H groups in total. The van der Waals surface area contributed by atoms with E-state index < -0.39 is 16.8 Å². The van der Waals surface area contributed by atoms with E-state index in [2.05, 4.69) is 0 Å². The minimum Gasteiger partial charge on any atom is -0.379 e. The molecule has 0 saturated heterocycles. The van der Waals surface area contributed by atoms with Gasteiger partial charge < -0.3 is 14.2 Å². The molecule has 5 aliphatic carbocycles. The highest BCUT2D eigenvalue weighted by molar-refractivity contribution is 6.57. The van der Waals surface area contributed by atoms with Crippen LogP contribution in [0.4, 0.5) is 0 Å². The monoisotopic (exact) mass is 408 g/mol. The second-order valence-corrected chi connectivity index (χ2v) is 8.23. The molecule has 5 rings (SSSR count). The zero-order chi connectivity index (χ0) is 18.0. The number of ether oxygens (including phenoxy) is 3. The molecule has 25 heavy (non-hydrogen) atoms. The van der Waals surface area contributed by atoms with Gasteiger partial charge in [-0.25, -0.2) is 0 Å². The van der Waals surface area contributed by atoms with Crippen molar-refractivity contribution in [3.8, 4) is 0 Å². The minimum atomic E-state index is -1.27. The number of rotatable bonds is 8. The Hall–Kier alpha value is -0.170. The number of allylic oxidation sites excluding steroid dienone is 1. The lowest BCUT2D eigenvalue weighted by atomic mass is 9.73. The van der Waals surface area contributed by atoms with E-state index in [1.807, 2.05) is 6.92 Å². The van der Waals surface area contributed by atoms with Crippen LogP contribution in [-0.4, -0.2) is 55.6 Å². The van der Waals surface area contributed by atoms with E-state index in [4.69, 9.17) is 49.0 Å². The van der Waals surface area contributed by atoms with Crippen molar-refractivity contribution in [2.45, 2.75) is 24.3 Å². The van der Waals surface area contributed by atoms with Crippen LogP contribution in [0.15, 0.2) is 10.1 Å². The van der Waals surface area contributed by atoms with Crippen molar-refractivity contribution in [3.05, 3.63) is 10.1 Å². The molecule has 4 bridgehead atoms. The van der Waals surface area contributed by atoms with E-state index in [1.54, 1.807) is 0 Å². The molecule has 1 spiro atoms. The van der Waals surface area contributed by atoms with Crippen LogP contribution in [0.2, 0.25) is 0 Å². The molecule has 0 aromatic heterocycles. The van der Waals surface area contributed by atoms with Gasteiger partial charge in [0.2, 0.25) is 5.78 Å². The molecular formula is C17H19Cl3O5. The van der Waals surface area contributed by atoms with Crippen molar-refractivity contribution in [3.63, 3.8) is 0 Å². The van der Waals surface area contributed by atoms with Gasteiger partial charge in [-0.05, 0) is 25.2 Å². The number of hydrogen-bond acceptors (Lipinski definition) is 5. The fraction of sp³-hybridized carbons (Fsp3) is 0.765. The highest BCUT2D eigenvalue weighted by atomic mass is 35.5. The zero-order valence-electron chi connectivity index (χ0n) is 13.7. The third-order valence-corrected chi connectivity index (χ3v) is 7.64. The summed E-state index contributed by atoms with van der Waals surface area (Å²) >= 11 is 18.7. The molecule has 0 aromatic rings. The Bertz CT molecular complexity index is 665. The molecular weight excluding hydrogens is 391 g/mol. The number of ketones is 2. The van der Waals surface area contributed by atoms with Crippen molar-refractivity contribution in [2.24, 2.45) is 23.2 Å². The Balaban J connectivity index is 1.53. The van der Waals surface area contributed by atoms with Crippen LogP contribution in [0, 0.1) is 23.2 Å². The maximum atomic E-state index is 13.0. The van der Waals surface area contributed by atoms with E-state index in [-0.39, 0.29) is 45.6 Å². The predicted molar refractivity (Wildman–Crippen MR) is 91.9 cm³/mol. The third kappa shape index (κ3) is 2.03. The average Bonchev–Trinajstić information content (AvgIpc) is 2.88. The van der Waals surface area contributed by atoms with Crippen molar-refractivity contribution in [2.75, 3.05) is 33.0 Å². The summed E-state index contributed by atoms with van der Waals surface area (Å²) in [6.07, 6.45) is 0.704. The van der Waals surface area contributed by atoms with Gasteiger partial charge in [0, 0.05) is 17.9 Å². The average molecular weight is 410 g/mol. The van der Waals surface area contributed by atoms with Crippen LogP contribution in [0.3, 0.4) is 0 Å². The van der Waals surface area contributed by atoms with Crippen LogP contribution in [0.1, 0.15) is 13.3 Å². The number of carbonyl (C=O) groups excluding carboxylic acids is 2. The fourth-order valence-electron chi connectivity index (χ4n) is 5.47. The number of carbonyl (C=O) groups is 2. The molecule has 0 aromatic carbocycles. The molecule has 5 nitrogen and oxygen atoms in total. The summed E-state index contributed by atoms with van der Waals surface area (Å²) < 4.78 is 16.7. The topological polar surface area (TPSA) is 61.8 Å². The van der Waals surface area contributed by atoms with Gasteiger partial charge in [0.25, 0.3) is 0 Å². The Kier molecular flexibility index (Phi) is 4.50. The predicted octanol–water partition coefficient (Wildman–Crippen LogP) is 2.51. The Labute approximate surface area is 160 Å². The first-order valence-electron chi connectivity index (χ1n) is 8.54. The van der Waals surface area contributed by atoms with E-state index in [0.29, 0.717) is 32.8 Å². The van der Waals surface area contributed by atoms with Gasteiger partial charge in [0.05, 0.1) is 31.8 Å². The summed E-state index contributed by atoms with van der Waals surface area (Å²) in [7, 11) is 0. The quantitative estimate of drug-likeness (QED) is 0.455. The number of alkyl halides is 1. The first-order chi connectivity index (χ1) is 12.0. The minimum absolute atomic E-state index is 0.0481. The zero-order valence-corrected chi connectivity index (χ0v) is 16.0. The standard InChI is InChI=1S/C17H19Cl3O5/c1-2-23-3-4-24-5-6-25-17-9-7-8-10(11(9)18)16(8,17)14(21)12(19)13(20)15(17)22/h8-11H,2-7H2,1H3/t8-,9+,10-,11+,16+,17-/m0/s1. The van der Waals surface area contributed by atoms with Crippen molar-refractivity contribution in [1.82, 2.24) is 0 Å². The molecule has 0 amide bonds. The van der Waals surface area contributed by atoms with Gasteiger partial charge in [-0.15, -0.1) is 11.6 Å². The highest BCUT2D eigenvalue weighted by Crippen LogP contribution is 2.86. The largest absolute Gasteiger partial charge is 0.379 e. The molecule has 0 heterocycles. The lowest BCUT2D eigenvalue weighted by Gasteiger charge is -2.40. The maximum absolute atomic E-state index is 13.0. The molecule has 5 aliphatic rings. The molecule has 4 saturated carbocycles. The normalized spacial score (nSPS) is 43.8. The smallest absolute Gasteiger partial charge is 0.209 e. The van der Waals surface area contributed by atoms with Crippen LogP contribution < -0.4 is 0 Å². The molecule has 0 radical (unpaired) electrons. The van der Waals surface area contributed by atoms with E-state index in [1.165, 1.54) is 0 Å². The molecule has 138 valence electrons. The Morgan fingerprint density at radius 1 is 1.00 bits per heavy atom. The van der Waals surface area contributed by atoms with Crippen LogP contribution in [0.25, 0.3) is 0 Å². The first kappa shape index (κ1) is 18.2. The van der Waals surface area contributed by atoms with Gasteiger partial charge in [-0.1, -0.05) is 23.2 Å². The third-order valence-electron chi connectivity index (χ3n) is 6.25. The van der Waals surface area contributed by atoms with Crippen LogP contribution >= 0.6 is 34.8 Å². The van der Waals surface area contributed by atoms with E-state index >= 15 is 0 Å². The van der Waals surface area contributed by atoms with Gasteiger partial charge in [0.15, 0.2) is 5.78 Å². The number of hydrogen-bond donors (Lipinski definition) is 0. The Morgan fingerprint density at radius 2 is 1.64 bits per heavy atom. The van der Waals surface area contributed by atoms with E-state index in [9.17, 15) is 9.59 Å². The lowest BCUT2D eigenvalue weighted by Crippen LogP contribution is -2.57. The van der Waals surface area contributed by atoms with Crippen molar-refractivity contribution >= 4 is 46.4 Å². The van der Waals surface area contributed by atoms with Gasteiger partial charge in [-0.3, -0.25) is 9.59 Å². The lowest BCUT2D eigenvalue weighted by molar-refractivity contribution is -0.164. The van der Waals surface area contributed by atoms with Crippen LogP contribution in [-0.2, 0) is 23.8 Å². The van der Waals surface area contributed by atoms with Gasteiger partial charge in [0.1, 0.15) is 15.7 Å². The summed E-state index contributed by atoms with van der Waals surface area (Å²) in [5.41, 5.74) is -2.19. The van der Waals surface area contributed by atoms with E-state index in [0.717, 1.165) is 0 Å². The maximum Gasteiger partial charge on any atom is 0.209 e. The summed E-state index contributed by atoms with van der Waals surface area (Å²) in [6, 6.07) is 0. The van der Waals surface area contributed by atoms with Gasteiger partial charge >= 0.3 is 0 Å². The fourth-order valence-corrected chi connectivity index (χ4v) is 6.60. The first-order valence-corrected chi connectivity index (χ1v) is 9.73. The molecule has 8 heteroatoms. The summed E-state index contributed by atoms with van der Waals surface area (Å²) in [6.45, 7) is 3.99.